The van der Waals surface area contributed by atoms with E-state index < -0.39 is 0 Å². The molecule has 1 aromatic heterocycles. The van der Waals surface area contributed by atoms with Gasteiger partial charge in [-0.1, -0.05) is 25.1 Å². The van der Waals surface area contributed by atoms with Crippen LogP contribution in [0.25, 0.3) is 0 Å². The number of aromatic nitrogens is 3. The first-order valence-electron chi connectivity index (χ1n) is 6.03. The Hall–Kier alpha value is -2.17. The monoisotopic (exact) mass is 243 g/mol. The summed E-state index contributed by atoms with van der Waals surface area (Å²) in [6, 6.07) is 9.97. The van der Waals surface area contributed by atoms with Gasteiger partial charge < -0.3 is 10.2 Å². The largest absolute Gasteiger partial charge is 0.369 e. The Kier molecular flexibility index (Phi) is 4.06. The lowest BCUT2D eigenvalue weighted by molar-refractivity contribution is 0.908. The fraction of sp³-hybridized carbons (Fsp3) is 0.308. The zero-order chi connectivity index (χ0) is 12.8. The van der Waals surface area contributed by atoms with Crippen LogP contribution in [0, 0.1) is 0 Å². The van der Waals surface area contributed by atoms with E-state index in [0.29, 0.717) is 5.95 Å². The first kappa shape index (κ1) is 12.3. The van der Waals surface area contributed by atoms with Crippen molar-refractivity contribution in [2.75, 3.05) is 23.8 Å². The summed E-state index contributed by atoms with van der Waals surface area (Å²) < 4.78 is 0. The molecule has 0 saturated carbocycles. The van der Waals surface area contributed by atoms with Crippen LogP contribution in [-0.2, 0) is 0 Å². The van der Waals surface area contributed by atoms with Crippen LogP contribution in [0.1, 0.15) is 13.3 Å². The van der Waals surface area contributed by atoms with Crippen molar-refractivity contribution in [2.45, 2.75) is 13.3 Å². The van der Waals surface area contributed by atoms with Gasteiger partial charge in [0.2, 0.25) is 0 Å². The Labute approximate surface area is 107 Å². The SMILES string of the molecule is CCCNc1cnnc(N(C)c2ccccc2)n1. The molecule has 0 bridgehead atoms. The van der Waals surface area contributed by atoms with Gasteiger partial charge in [-0.15, -0.1) is 5.10 Å². The molecule has 2 rings (SSSR count). The van der Waals surface area contributed by atoms with Gasteiger partial charge in [0, 0.05) is 19.3 Å². The predicted molar refractivity (Wildman–Crippen MR) is 73.1 cm³/mol. The highest BCUT2D eigenvalue weighted by Crippen LogP contribution is 2.19. The third-order valence-electron chi connectivity index (χ3n) is 2.55. The van der Waals surface area contributed by atoms with Crippen LogP contribution in [0.15, 0.2) is 36.5 Å². The molecular weight excluding hydrogens is 226 g/mol. The molecule has 94 valence electrons. The van der Waals surface area contributed by atoms with Gasteiger partial charge >= 0.3 is 0 Å². The van der Waals surface area contributed by atoms with Crippen molar-refractivity contribution >= 4 is 17.5 Å². The molecule has 0 aliphatic heterocycles. The molecule has 0 unspecified atom stereocenters. The van der Waals surface area contributed by atoms with E-state index in [1.165, 1.54) is 0 Å². The lowest BCUT2D eigenvalue weighted by Gasteiger charge is -2.16. The number of hydrogen-bond acceptors (Lipinski definition) is 5. The van der Waals surface area contributed by atoms with Crippen molar-refractivity contribution < 1.29 is 0 Å². The van der Waals surface area contributed by atoms with E-state index in [-0.39, 0.29) is 0 Å². The average Bonchev–Trinajstić information content (AvgIpc) is 2.45. The molecule has 0 fully saturated rings. The molecule has 0 amide bonds. The van der Waals surface area contributed by atoms with Gasteiger partial charge in [0.05, 0.1) is 6.20 Å². The minimum Gasteiger partial charge on any atom is -0.369 e. The lowest BCUT2D eigenvalue weighted by atomic mass is 10.3. The van der Waals surface area contributed by atoms with Crippen molar-refractivity contribution in [3.05, 3.63) is 36.5 Å². The van der Waals surface area contributed by atoms with Crippen molar-refractivity contribution in [2.24, 2.45) is 0 Å². The maximum absolute atomic E-state index is 4.43. The summed E-state index contributed by atoms with van der Waals surface area (Å²) in [6.45, 7) is 2.99. The Bertz CT molecular complexity index is 486. The predicted octanol–water partition coefficient (Wildman–Crippen LogP) is 2.46. The summed E-state index contributed by atoms with van der Waals surface area (Å²) >= 11 is 0. The molecule has 0 saturated heterocycles. The topological polar surface area (TPSA) is 53.9 Å². The first-order chi connectivity index (χ1) is 8.81. The van der Waals surface area contributed by atoms with E-state index in [4.69, 9.17) is 0 Å². The second-order valence-electron chi connectivity index (χ2n) is 3.96. The second-order valence-corrected chi connectivity index (χ2v) is 3.96. The van der Waals surface area contributed by atoms with Crippen LogP contribution >= 0.6 is 0 Å². The van der Waals surface area contributed by atoms with Crippen molar-refractivity contribution in [3.8, 4) is 0 Å². The van der Waals surface area contributed by atoms with Crippen LogP contribution in [0.3, 0.4) is 0 Å². The summed E-state index contributed by atoms with van der Waals surface area (Å²) in [5, 5.41) is 11.2. The maximum atomic E-state index is 4.43. The zero-order valence-corrected chi connectivity index (χ0v) is 10.7. The minimum absolute atomic E-state index is 0.585. The highest BCUT2D eigenvalue weighted by atomic mass is 15.3. The molecule has 1 heterocycles. The van der Waals surface area contributed by atoms with Crippen LogP contribution in [0.4, 0.5) is 17.5 Å². The molecule has 0 spiro atoms. The van der Waals surface area contributed by atoms with Gasteiger partial charge in [0.1, 0.15) is 0 Å². The number of anilines is 3. The van der Waals surface area contributed by atoms with Crippen LogP contribution in [0.5, 0.6) is 0 Å². The quantitative estimate of drug-likeness (QED) is 0.874. The highest BCUT2D eigenvalue weighted by Gasteiger charge is 2.07. The van der Waals surface area contributed by atoms with E-state index in [2.05, 4.69) is 27.4 Å². The lowest BCUT2D eigenvalue weighted by Crippen LogP contribution is -2.15. The van der Waals surface area contributed by atoms with Crippen LogP contribution in [-0.4, -0.2) is 28.8 Å². The Morgan fingerprint density at radius 2 is 2.00 bits per heavy atom. The zero-order valence-electron chi connectivity index (χ0n) is 10.7. The van der Waals surface area contributed by atoms with Gasteiger partial charge in [0.25, 0.3) is 5.95 Å². The maximum Gasteiger partial charge on any atom is 0.251 e. The van der Waals surface area contributed by atoms with E-state index in [1.54, 1.807) is 6.20 Å². The molecule has 2 aromatic rings. The summed E-state index contributed by atoms with van der Waals surface area (Å²) in [7, 11) is 1.93. The molecule has 18 heavy (non-hydrogen) atoms. The smallest absolute Gasteiger partial charge is 0.251 e. The summed E-state index contributed by atoms with van der Waals surface area (Å²) in [4.78, 5) is 6.33. The van der Waals surface area contributed by atoms with Crippen LogP contribution in [0.2, 0.25) is 0 Å². The number of nitrogens with zero attached hydrogens (tertiary/aromatic N) is 4. The minimum atomic E-state index is 0.585. The standard InChI is InChI=1S/C13H17N5/c1-3-9-14-12-10-15-17-13(16-12)18(2)11-7-5-4-6-8-11/h4-8,10H,3,9H2,1-2H3,(H,14,16,17). The number of hydrogen-bond donors (Lipinski definition) is 1. The molecule has 0 radical (unpaired) electrons. The Balaban J connectivity index is 2.17. The second kappa shape index (κ2) is 5.95. The van der Waals surface area contributed by atoms with E-state index >= 15 is 0 Å². The number of benzene rings is 1. The number of rotatable bonds is 5. The molecule has 5 heteroatoms. The van der Waals surface area contributed by atoms with Crippen molar-refractivity contribution in [1.29, 1.82) is 0 Å². The Morgan fingerprint density at radius 3 is 2.72 bits per heavy atom. The highest BCUT2D eigenvalue weighted by molar-refractivity contribution is 5.56. The van der Waals surface area contributed by atoms with Crippen molar-refractivity contribution in [3.63, 3.8) is 0 Å². The van der Waals surface area contributed by atoms with E-state index in [1.807, 2.05) is 42.3 Å². The van der Waals surface area contributed by atoms with E-state index in [0.717, 1.165) is 24.5 Å². The molecule has 0 atom stereocenters. The van der Waals surface area contributed by atoms with Gasteiger partial charge in [-0.2, -0.15) is 10.1 Å². The fourth-order valence-electron chi connectivity index (χ4n) is 1.54. The van der Waals surface area contributed by atoms with Gasteiger partial charge in [-0.05, 0) is 18.6 Å². The van der Waals surface area contributed by atoms with Crippen molar-refractivity contribution in [1.82, 2.24) is 15.2 Å². The molecular formula is C13H17N5. The normalized spacial score (nSPS) is 10.1. The molecule has 1 N–H and O–H groups in total. The van der Waals surface area contributed by atoms with Gasteiger partial charge in [0.15, 0.2) is 5.82 Å². The third-order valence-corrected chi connectivity index (χ3v) is 2.55. The number of nitrogens with one attached hydrogen (secondary N) is 1. The van der Waals surface area contributed by atoms with Gasteiger partial charge in [-0.3, -0.25) is 0 Å². The third kappa shape index (κ3) is 2.94. The average molecular weight is 243 g/mol. The van der Waals surface area contributed by atoms with Crippen LogP contribution < -0.4 is 10.2 Å². The molecule has 0 aliphatic rings. The summed E-state index contributed by atoms with van der Waals surface area (Å²) in [5.41, 5.74) is 1.03. The molecule has 5 nitrogen and oxygen atoms in total. The molecule has 0 aliphatic carbocycles. The van der Waals surface area contributed by atoms with Gasteiger partial charge in [-0.25, -0.2) is 0 Å². The Morgan fingerprint density at radius 1 is 1.22 bits per heavy atom. The summed E-state index contributed by atoms with van der Waals surface area (Å²) in [6.07, 6.45) is 2.69. The first-order valence-corrected chi connectivity index (χ1v) is 6.03. The fourth-order valence-corrected chi connectivity index (χ4v) is 1.54. The summed E-state index contributed by atoms with van der Waals surface area (Å²) in [5.74, 6) is 1.34. The number of para-hydroxylation sites is 1. The van der Waals surface area contributed by atoms with E-state index in [9.17, 15) is 0 Å². The molecule has 1 aromatic carbocycles.